The molecular weight excluding hydrogens is 398 g/mol. The van der Waals surface area contributed by atoms with Crippen LogP contribution in [0.5, 0.6) is 0 Å². The highest BCUT2D eigenvalue weighted by molar-refractivity contribution is 7.16. The highest BCUT2D eigenvalue weighted by Crippen LogP contribution is 2.32. The second-order valence-electron chi connectivity index (χ2n) is 6.07. The van der Waals surface area contributed by atoms with Gasteiger partial charge >= 0.3 is 11.9 Å². The van der Waals surface area contributed by atoms with Gasteiger partial charge in [0.05, 0.1) is 19.2 Å². The monoisotopic (exact) mass is 417 g/mol. The first-order chi connectivity index (χ1) is 13.9. The second-order valence-corrected chi connectivity index (χ2v) is 7.30. The van der Waals surface area contributed by atoms with Gasteiger partial charge in [0.25, 0.3) is 5.91 Å². The number of nitrogens with zero attached hydrogens (tertiary/aromatic N) is 2. The van der Waals surface area contributed by atoms with Crippen LogP contribution in [0, 0.1) is 13.8 Å². The van der Waals surface area contributed by atoms with Crippen LogP contribution >= 0.6 is 11.3 Å². The number of carbonyl (C=O) groups is 3. The summed E-state index contributed by atoms with van der Waals surface area (Å²) in [6.45, 7) is 3.45. The van der Waals surface area contributed by atoms with Crippen molar-refractivity contribution in [1.29, 1.82) is 0 Å². The summed E-state index contributed by atoms with van der Waals surface area (Å²) in [7, 11) is 1.27. The number of thiophene rings is 1. The molecule has 29 heavy (non-hydrogen) atoms. The number of methoxy groups -OCH3 is 1. The van der Waals surface area contributed by atoms with Crippen LogP contribution in [0.3, 0.4) is 0 Å². The van der Waals surface area contributed by atoms with Gasteiger partial charge in [0, 0.05) is 17.3 Å². The van der Waals surface area contributed by atoms with E-state index in [1.54, 1.807) is 36.1 Å². The first kappa shape index (κ1) is 20.3. The van der Waals surface area contributed by atoms with E-state index in [1.165, 1.54) is 24.5 Å². The van der Waals surface area contributed by atoms with Gasteiger partial charge in [-0.2, -0.15) is 5.10 Å². The highest BCUT2D eigenvalue weighted by atomic mass is 32.1. The molecule has 3 heterocycles. The Morgan fingerprint density at radius 1 is 1.24 bits per heavy atom. The molecule has 3 aromatic rings. The fourth-order valence-electron chi connectivity index (χ4n) is 2.55. The number of nitrogens with one attached hydrogen (secondary N) is 1. The van der Waals surface area contributed by atoms with Crippen molar-refractivity contribution in [2.24, 2.45) is 0 Å². The fraction of sp³-hybridized carbons (Fsp3) is 0.263. The molecule has 9 nitrogen and oxygen atoms in total. The lowest BCUT2D eigenvalue weighted by molar-refractivity contribution is -0.119. The van der Waals surface area contributed by atoms with E-state index in [4.69, 9.17) is 13.9 Å². The van der Waals surface area contributed by atoms with Crippen LogP contribution in [-0.2, 0) is 20.8 Å². The molecule has 1 N–H and O–H groups in total. The van der Waals surface area contributed by atoms with Gasteiger partial charge in [-0.15, -0.1) is 11.3 Å². The number of rotatable bonds is 7. The van der Waals surface area contributed by atoms with E-state index in [9.17, 15) is 14.4 Å². The van der Waals surface area contributed by atoms with Crippen molar-refractivity contribution < 1.29 is 28.3 Å². The third-order valence-electron chi connectivity index (χ3n) is 4.10. The van der Waals surface area contributed by atoms with Crippen LogP contribution in [0.25, 0.3) is 0 Å². The molecule has 0 aromatic carbocycles. The molecule has 0 atom stereocenters. The summed E-state index contributed by atoms with van der Waals surface area (Å²) in [5, 5.41) is 7.00. The Hall–Kier alpha value is -3.40. The van der Waals surface area contributed by atoms with Crippen LogP contribution in [0.2, 0.25) is 0 Å². The molecule has 0 radical (unpaired) electrons. The third-order valence-corrected chi connectivity index (χ3v) is 5.22. The maximum absolute atomic E-state index is 12.2. The normalized spacial score (nSPS) is 10.6. The Morgan fingerprint density at radius 3 is 2.72 bits per heavy atom. The molecule has 0 saturated carbocycles. The summed E-state index contributed by atoms with van der Waals surface area (Å²) >= 11 is 1.25. The van der Waals surface area contributed by atoms with Gasteiger partial charge in [0.15, 0.2) is 6.61 Å². The van der Waals surface area contributed by atoms with E-state index >= 15 is 0 Å². The van der Waals surface area contributed by atoms with Crippen molar-refractivity contribution >= 4 is 34.2 Å². The number of aryl methyl sites for hydroxylation is 1. The predicted octanol–water partition coefficient (Wildman–Crippen LogP) is 2.78. The molecule has 0 aliphatic carbocycles. The predicted molar refractivity (Wildman–Crippen MR) is 104 cm³/mol. The summed E-state index contributed by atoms with van der Waals surface area (Å²) in [6, 6.07) is 4.89. The van der Waals surface area contributed by atoms with Gasteiger partial charge < -0.3 is 19.2 Å². The van der Waals surface area contributed by atoms with Gasteiger partial charge in [-0.1, -0.05) is 0 Å². The Kier molecular flexibility index (Phi) is 6.13. The van der Waals surface area contributed by atoms with E-state index in [0.29, 0.717) is 22.9 Å². The number of furan rings is 1. The number of esters is 2. The minimum atomic E-state index is -0.765. The summed E-state index contributed by atoms with van der Waals surface area (Å²) in [5.74, 6) is -1.37. The molecule has 0 bridgehead atoms. The van der Waals surface area contributed by atoms with Gasteiger partial charge in [0.2, 0.25) is 5.76 Å². The Balaban J connectivity index is 1.57. The zero-order valence-corrected chi connectivity index (χ0v) is 16.9. The first-order valence-corrected chi connectivity index (χ1v) is 9.42. The summed E-state index contributed by atoms with van der Waals surface area (Å²) in [5.41, 5.74) is 1.03. The molecule has 1 amide bonds. The number of aromatic nitrogens is 2. The quantitative estimate of drug-likeness (QED) is 0.588. The molecule has 0 saturated heterocycles. The number of hydrogen-bond donors (Lipinski definition) is 1. The topological polar surface area (TPSA) is 113 Å². The average molecular weight is 417 g/mol. The first-order valence-electron chi connectivity index (χ1n) is 8.60. The zero-order valence-electron chi connectivity index (χ0n) is 16.1. The van der Waals surface area contributed by atoms with Crippen LogP contribution in [-0.4, -0.2) is 41.3 Å². The van der Waals surface area contributed by atoms with Crippen LogP contribution in [0.4, 0.5) is 5.00 Å². The molecule has 152 valence electrons. The van der Waals surface area contributed by atoms with Crippen molar-refractivity contribution in [3.8, 4) is 0 Å². The number of ether oxygens (including phenoxy) is 2. The van der Waals surface area contributed by atoms with Gasteiger partial charge in [-0.25, -0.2) is 9.59 Å². The number of hydrogen-bond acceptors (Lipinski definition) is 8. The molecular formula is C19H19N3O6S. The fourth-order valence-corrected chi connectivity index (χ4v) is 3.62. The lowest BCUT2D eigenvalue weighted by Gasteiger charge is -2.06. The molecule has 0 fully saturated rings. The Morgan fingerprint density at radius 2 is 2.03 bits per heavy atom. The van der Waals surface area contributed by atoms with Crippen LogP contribution < -0.4 is 5.32 Å². The SMILES string of the molecule is COC(=O)c1c(NC(=O)COC(=O)c2ccc(Cn3cccn3)o2)sc(C)c1C. The van der Waals surface area contributed by atoms with Crippen LogP contribution in [0.15, 0.2) is 35.0 Å². The summed E-state index contributed by atoms with van der Waals surface area (Å²) < 4.78 is 16.8. The smallest absolute Gasteiger partial charge is 0.374 e. The molecule has 3 rings (SSSR count). The number of anilines is 1. The summed E-state index contributed by atoms with van der Waals surface area (Å²) in [4.78, 5) is 37.1. The maximum atomic E-state index is 12.2. The molecule has 3 aromatic heterocycles. The van der Waals surface area contributed by atoms with Gasteiger partial charge in [0.1, 0.15) is 10.8 Å². The molecule has 0 spiro atoms. The highest BCUT2D eigenvalue weighted by Gasteiger charge is 2.22. The van der Waals surface area contributed by atoms with E-state index < -0.39 is 24.5 Å². The zero-order chi connectivity index (χ0) is 21.0. The minimum Gasteiger partial charge on any atom is -0.465 e. The summed E-state index contributed by atoms with van der Waals surface area (Å²) in [6.07, 6.45) is 3.40. The van der Waals surface area contributed by atoms with E-state index in [-0.39, 0.29) is 5.76 Å². The maximum Gasteiger partial charge on any atom is 0.374 e. The van der Waals surface area contributed by atoms with Crippen LogP contribution in [0.1, 0.15) is 37.1 Å². The van der Waals surface area contributed by atoms with Crippen molar-refractivity contribution in [3.05, 3.63) is 58.1 Å². The van der Waals surface area contributed by atoms with E-state index in [1.807, 2.05) is 6.92 Å². The Bertz CT molecular complexity index is 1030. The minimum absolute atomic E-state index is 0.0157. The molecule has 0 aliphatic heterocycles. The number of carbonyl (C=O) groups excluding carboxylic acids is 3. The van der Waals surface area contributed by atoms with E-state index in [0.717, 1.165) is 10.4 Å². The molecule has 0 unspecified atom stereocenters. The lowest BCUT2D eigenvalue weighted by atomic mass is 10.1. The van der Waals surface area contributed by atoms with Crippen molar-refractivity contribution in [2.75, 3.05) is 19.0 Å². The van der Waals surface area contributed by atoms with Crippen molar-refractivity contribution in [3.63, 3.8) is 0 Å². The standard InChI is InChI=1S/C19H19N3O6S/c1-11-12(2)29-17(16(11)19(25)26-3)21-15(23)10-27-18(24)14-6-5-13(28-14)9-22-8-4-7-20-22/h4-8H,9-10H2,1-3H3,(H,21,23). The van der Waals surface area contributed by atoms with Crippen molar-refractivity contribution in [1.82, 2.24) is 9.78 Å². The lowest BCUT2D eigenvalue weighted by Crippen LogP contribution is -2.21. The third kappa shape index (κ3) is 4.72. The average Bonchev–Trinajstić information content (AvgIpc) is 3.42. The molecule has 10 heteroatoms. The van der Waals surface area contributed by atoms with Crippen molar-refractivity contribution in [2.45, 2.75) is 20.4 Å². The second kappa shape index (κ2) is 8.74. The van der Waals surface area contributed by atoms with Gasteiger partial charge in [-0.3, -0.25) is 9.48 Å². The Labute approximate surface area is 170 Å². The van der Waals surface area contributed by atoms with Gasteiger partial charge in [-0.05, 0) is 37.6 Å². The number of amides is 1. The van der Waals surface area contributed by atoms with E-state index in [2.05, 4.69) is 10.4 Å². The largest absolute Gasteiger partial charge is 0.465 e. The molecule has 0 aliphatic rings.